The largest absolute Gasteiger partial charge is 0.490 e. The smallest absolute Gasteiger partial charge is 0.475 e. The number of aromatic nitrogens is 1. The maximum Gasteiger partial charge on any atom is 0.490 e. The molecular weight excluding hydrogens is 417 g/mol. The summed E-state index contributed by atoms with van der Waals surface area (Å²) in [7, 11) is 0. The number of benzene rings is 1. The summed E-state index contributed by atoms with van der Waals surface area (Å²) < 4.78 is 43.5. The molecule has 10 heteroatoms. The molecule has 2 bridgehead atoms. The fourth-order valence-electron chi connectivity index (χ4n) is 3.89. The number of pyridine rings is 1. The maximum absolute atomic E-state index is 13.1. The molecule has 0 spiro atoms. The van der Waals surface area contributed by atoms with Gasteiger partial charge in [0.2, 0.25) is 0 Å². The molecular formula is C21H23F3N2O5. The van der Waals surface area contributed by atoms with Gasteiger partial charge in [0.15, 0.2) is 0 Å². The molecule has 2 aliphatic rings. The van der Waals surface area contributed by atoms with Crippen LogP contribution >= 0.6 is 0 Å². The fourth-order valence-corrected chi connectivity index (χ4v) is 3.89. The number of para-hydroxylation sites is 1. The molecule has 4 rings (SSSR count). The van der Waals surface area contributed by atoms with Crippen LogP contribution in [0, 0.1) is 0 Å². The van der Waals surface area contributed by atoms with Gasteiger partial charge < -0.3 is 19.5 Å². The number of carboxylic acids is 1. The third-order valence-electron chi connectivity index (χ3n) is 5.24. The molecule has 168 valence electrons. The Morgan fingerprint density at radius 1 is 1.23 bits per heavy atom. The summed E-state index contributed by atoms with van der Waals surface area (Å²) in [4.78, 5) is 28.5. The molecule has 2 heterocycles. The molecule has 2 fully saturated rings. The predicted molar refractivity (Wildman–Crippen MR) is 105 cm³/mol. The summed E-state index contributed by atoms with van der Waals surface area (Å²) in [6.07, 6.45) is -3.13. The average molecular weight is 440 g/mol. The number of alkyl halides is 3. The normalized spacial score (nSPS) is 23.1. The molecule has 3 atom stereocenters. The van der Waals surface area contributed by atoms with Crippen molar-refractivity contribution in [3.05, 3.63) is 42.1 Å². The zero-order valence-electron chi connectivity index (χ0n) is 16.8. The van der Waals surface area contributed by atoms with Gasteiger partial charge in [0, 0.05) is 18.5 Å². The van der Waals surface area contributed by atoms with Crippen molar-refractivity contribution in [2.45, 2.75) is 44.2 Å². The summed E-state index contributed by atoms with van der Waals surface area (Å²) in [5, 5.41) is 8.17. The van der Waals surface area contributed by atoms with Crippen molar-refractivity contribution in [2.75, 3.05) is 19.8 Å². The Hall–Kier alpha value is -2.72. The first kappa shape index (κ1) is 23.0. The van der Waals surface area contributed by atoms with Crippen molar-refractivity contribution in [3.8, 4) is 0 Å². The molecule has 7 nitrogen and oxygen atoms in total. The van der Waals surface area contributed by atoms with Gasteiger partial charge in [-0.25, -0.2) is 9.78 Å². The summed E-state index contributed by atoms with van der Waals surface area (Å²) in [5.74, 6) is -2.78. The van der Waals surface area contributed by atoms with Crippen LogP contribution < -0.4 is 0 Å². The van der Waals surface area contributed by atoms with Crippen LogP contribution in [0.1, 0.15) is 30.3 Å². The molecule has 31 heavy (non-hydrogen) atoms. The number of amides is 1. The van der Waals surface area contributed by atoms with E-state index in [1.165, 1.54) is 0 Å². The van der Waals surface area contributed by atoms with E-state index >= 15 is 0 Å². The van der Waals surface area contributed by atoms with Crippen LogP contribution in [0.25, 0.3) is 10.9 Å². The zero-order chi connectivity index (χ0) is 22.6. The third-order valence-corrected chi connectivity index (χ3v) is 5.24. The first-order valence-electron chi connectivity index (χ1n) is 9.92. The Morgan fingerprint density at radius 2 is 1.94 bits per heavy atom. The van der Waals surface area contributed by atoms with Gasteiger partial charge in [-0.15, -0.1) is 0 Å². The molecule has 1 amide bonds. The molecule has 1 saturated carbocycles. The van der Waals surface area contributed by atoms with Crippen LogP contribution in [-0.2, 0) is 14.3 Å². The van der Waals surface area contributed by atoms with Gasteiger partial charge >= 0.3 is 12.1 Å². The minimum Gasteiger partial charge on any atom is -0.475 e. The van der Waals surface area contributed by atoms with Crippen LogP contribution in [0.15, 0.2) is 36.4 Å². The highest BCUT2D eigenvalue weighted by Gasteiger charge is 2.44. The van der Waals surface area contributed by atoms with Gasteiger partial charge in [0.1, 0.15) is 11.8 Å². The summed E-state index contributed by atoms with van der Waals surface area (Å²) in [6, 6.07) is 11.7. The van der Waals surface area contributed by atoms with E-state index in [1.807, 2.05) is 48.2 Å². The number of nitrogens with zero attached hydrogens (tertiary/aromatic N) is 2. The van der Waals surface area contributed by atoms with Crippen LogP contribution in [0.4, 0.5) is 13.2 Å². The van der Waals surface area contributed by atoms with Gasteiger partial charge in [-0.05, 0) is 31.9 Å². The SMILES string of the molecule is CCOC1C2CCC1N(C(=O)c1ccc3ccccc3n1)CCO2.O=C(O)C(F)(F)F. The lowest BCUT2D eigenvalue weighted by molar-refractivity contribution is -0.192. The number of carboxylic acid groups (broad SMARTS) is 1. The highest BCUT2D eigenvalue weighted by atomic mass is 19.4. The number of carbonyl (C=O) groups excluding carboxylic acids is 1. The van der Waals surface area contributed by atoms with Crippen molar-refractivity contribution >= 4 is 22.8 Å². The van der Waals surface area contributed by atoms with E-state index in [9.17, 15) is 18.0 Å². The van der Waals surface area contributed by atoms with Crippen molar-refractivity contribution in [2.24, 2.45) is 0 Å². The maximum atomic E-state index is 13.1. The molecule has 2 aromatic rings. The quantitative estimate of drug-likeness (QED) is 0.788. The third kappa shape index (κ3) is 5.31. The van der Waals surface area contributed by atoms with E-state index in [-0.39, 0.29) is 24.2 Å². The fraction of sp³-hybridized carbons (Fsp3) is 0.476. The minimum absolute atomic E-state index is 0.0260. The van der Waals surface area contributed by atoms with E-state index < -0.39 is 12.1 Å². The van der Waals surface area contributed by atoms with Crippen LogP contribution in [0.3, 0.4) is 0 Å². The van der Waals surface area contributed by atoms with Gasteiger partial charge in [-0.1, -0.05) is 24.3 Å². The van der Waals surface area contributed by atoms with E-state index in [0.717, 1.165) is 23.7 Å². The molecule has 1 aliphatic heterocycles. The number of halogens is 3. The second kappa shape index (κ2) is 9.61. The number of aliphatic carboxylic acids is 1. The molecule has 1 saturated heterocycles. The Morgan fingerprint density at radius 3 is 2.61 bits per heavy atom. The highest BCUT2D eigenvalue weighted by Crippen LogP contribution is 2.32. The summed E-state index contributed by atoms with van der Waals surface area (Å²) in [6.45, 7) is 3.78. The first-order valence-corrected chi connectivity index (χ1v) is 9.92. The highest BCUT2D eigenvalue weighted by molar-refractivity contribution is 5.95. The Kier molecular flexibility index (Phi) is 7.11. The van der Waals surface area contributed by atoms with Gasteiger partial charge in [0.25, 0.3) is 5.91 Å². The van der Waals surface area contributed by atoms with Gasteiger partial charge in [-0.2, -0.15) is 13.2 Å². The molecule has 3 unspecified atom stereocenters. The van der Waals surface area contributed by atoms with E-state index in [1.54, 1.807) is 0 Å². The Labute approximate surface area is 176 Å². The second-order valence-corrected chi connectivity index (χ2v) is 7.16. The van der Waals surface area contributed by atoms with E-state index in [4.69, 9.17) is 19.4 Å². The average Bonchev–Trinajstić information content (AvgIpc) is 3.02. The molecule has 1 aromatic carbocycles. The molecule has 0 radical (unpaired) electrons. The van der Waals surface area contributed by atoms with Crippen molar-refractivity contribution in [3.63, 3.8) is 0 Å². The van der Waals surface area contributed by atoms with Crippen LogP contribution in [0.2, 0.25) is 0 Å². The monoisotopic (exact) mass is 440 g/mol. The molecule has 1 N–H and O–H groups in total. The lowest BCUT2D eigenvalue weighted by Gasteiger charge is -2.30. The number of rotatable bonds is 3. The predicted octanol–water partition coefficient (Wildman–Crippen LogP) is 3.28. The van der Waals surface area contributed by atoms with Crippen molar-refractivity contribution < 1.29 is 37.3 Å². The Balaban J connectivity index is 0.000000339. The number of hydrogen-bond acceptors (Lipinski definition) is 5. The topological polar surface area (TPSA) is 89.0 Å². The standard InChI is InChI=1S/C19H22N2O3.C2HF3O2/c1-2-23-18-16-9-10-17(18)24-12-11-21(16)19(22)15-8-7-13-5-3-4-6-14(13)20-15;3-2(4,5)1(6)7/h3-8,16-18H,2,9-12H2,1H3;(H,6,7). The van der Waals surface area contributed by atoms with Gasteiger partial charge in [0.05, 0.1) is 24.3 Å². The lowest BCUT2D eigenvalue weighted by Crippen LogP contribution is -2.46. The zero-order valence-corrected chi connectivity index (χ0v) is 16.8. The summed E-state index contributed by atoms with van der Waals surface area (Å²) >= 11 is 0. The summed E-state index contributed by atoms with van der Waals surface area (Å²) in [5.41, 5.74) is 1.34. The molecule has 1 aromatic heterocycles. The van der Waals surface area contributed by atoms with E-state index in [2.05, 4.69) is 4.98 Å². The van der Waals surface area contributed by atoms with Crippen molar-refractivity contribution in [1.29, 1.82) is 0 Å². The number of hydrogen-bond donors (Lipinski definition) is 1. The number of ether oxygens (including phenoxy) is 2. The Bertz CT molecular complexity index is 937. The van der Waals surface area contributed by atoms with E-state index in [0.29, 0.717) is 25.5 Å². The van der Waals surface area contributed by atoms with Gasteiger partial charge in [-0.3, -0.25) is 4.79 Å². The number of fused-ring (bicyclic) bond motifs is 3. The molecule has 1 aliphatic carbocycles. The van der Waals surface area contributed by atoms with Crippen LogP contribution in [0.5, 0.6) is 0 Å². The number of carbonyl (C=O) groups is 2. The lowest BCUT2D eigenvalue weighted by atomic mass is 10.1. The minimum atomic E-state index is -5.08. The first-order chi connectivity index (χ1) is 14.7. The van der Waals surface area contributed by atoms with Crippen molar-refractivity contribution in [1.82, 2.24) is 9.88 Å². The van der Waals surface area contributed by atoms with Crippen LogP contribution in [-0.4, -0.2) is 71.1 Å². The second-order valence-electron chi connectivity index (χ2n) is 7.16.